The molecule has 2 aliphatic heterocycles. The number of nitrogens with zero attached hydrogens (tertiary/aromatic N) is 5. The van der Waals surface area contributed by atoms with E-state index in [9.17, 15) is 19.6 Å². The summed E-state index contributed by atoms with van der Waals surface area (Å²) < 4.78 is 16.5. The number of carbonyl (C=O) groups is 3. The Labute approximate surface area is 214 Å². The van der Waals surface area contributed by atoms with Gasteiger partial charge in [0, 0.05) is 18.5 Å². The molecule has 1 saturated carbocycles. The average Bonchev–Trinajstić information content (AvgIpc) is 3.26. The van der Waals surface area contributed by atoms with E-state index in [1.54, 1.807) is 41.5 Å². The fourth-order valence-corrected chi connectivity index (χ4v) is 4.28. The van der Waals surface area contributed by atoms with E-state index in [1.807, 2.05) is 0 Å². The summed E-state index contributed by atoms with van der Waals surface area (Å²) in [6.45, 7) is 10.7. The Morgan fingerprint density at radius 2 is 1.81 bits per heavy atom. The number of alkyl carbamates (subject to hydrolysis) is 1. The number of ether oxygens (including phenoxy) is 2. The first-order chi connectivity index (χ1) is 17.1. The lowest BCUT2D eigenvalue weighted by molar-refractivity contribution is -0.0584. The van der Waals surface area contributed by atoms with Gasteiger partial charge in [-0.15, -0.1) is 15.2 Å². The van der Waals surface area contributed by atoms with Crippen LogP contribution >= 0.6 is 0 Å². The minimum Gasteiger partial charge on any atom is -0.444 e. The first kappa shape index (κ1) is 26.6. The lowest BCUT2D eigenvalue weighted by Gasteiger charge is -2.27. The minimum absolute atomic E-state index is 0.107. The van der Waals surface area contributed by atoms with Gasteiger partial charge in [0.15, 0.2) is 0 Å². The fourth-order valence-electron chi connectivity index (χ4n) is 4.28. The number of urea groups is 1. The highest BCUT2D eigenvalue weighted by Gasteiger charge is 2.48. The highest BCUT2D eigenvalue weighted by molar-refractivity contribution is 5.99. The van der Waals surface area contributed by atoms with Crippen molar-refractivity contribution in [2.75, 3.05) is 6.54 Å². The van der Waals surface area contributed by atoms with E-state index >= 15 is 0 Å². The zero-order valence-corrected chi connectivity index (χ0v) is 22.0. The minimum atomic E-state index is -0.870. The number of rotatable bonds is 4. The van der Waals surface area contributed by atoms with Crippen molar-refractivity contribution >= 4 is 24.2 Å². The second kappa shape index (κ2) is 9.47. The molecule has 2 atom stereocenters. The lowest BCUT2D eigenvalue weighted by atomic mass is 10.0. The van der Waals surface area contributed by atoms with Crippen LogP contribution < -0.4 is 10.6 Å². The molecule has 14 heteroatoms. The molecule has 0 aromatic carbocycles. The zero-order valence-electron chi connectivity index (χ0n) is 22.0. The maximum Gasteiger partial charge on any atom is 0.437 e. The summed E-state index contributed by atoms with van der Waals surface area (Å²) in [4.78, 5) is 42.5. The Morgan fingerprint density at radius 1 is 1.14 bits per heavy atom. The summed E-state index contributed by atoms with van der Waals surface area (Å²) in [7, 11) is 0. The van der Waals surface area contributed by atoms with Crippen LogP contribution in [0.3, 0.4) is 0 Å². The molecule has 14 nitrogen and oxygen atoms in total. The van der Waals surface area contributed by atoms with Crippen molar-refractivity contribution in [3.8, 4) is 0 Å². The van der Waals surface area contributed by atoms with Gasteiger partial charge in [0.05, 0.1) is 6.04 Å². The maximum absolute atomic E-state index is 12.4. The Kier molecular flexibility index (Phi) is 6.82. The van der Waals surface area contributed by atoms with Crippen molar-refractivity contribution in [2.24, 2.45) is 4.99 Å². The lowest BCUT2D eigenvalue weighted by Crippen LogP contribution is -2.49. The van der Waals surface area contributed by atoms with E-state index in [1.165, 1.54) is 4.90 Å². The van der Waals surface area contributed by atoms with Crippen LogP contribution in [0.2, 0.25) is 0 Å². The standard InChI is InChI=1S/C23H35N7O7/c1-21(2,3)36-18(31)24-17(25-19(32)37-22(4,5)6)26-23(9-10-23)11-15-27-28-16(35-15)14-8-7-13-12-29(14)20(33)30(13)34/h13-14,34H,7-12H2,1-6H3,(H2,24,25,26,31,32)/t13-,14-/m0/s1. The Bertz CT molecular complexity index is 1080. The number of aromatic nitrogens is 2. The summed E-state index contributed by atoms with van der Waals surface area (Å²) in [6, 6.07) is -1.09. The van der Waals surface area contributed by atoms with Crippen LogP contribution in [0.4, 0.5) is 14.4 Å². The molecule has 2 saturated heterocycles. The molecule has 3 N–H and O–H groups in total. The number of amides is 4. The average molecular weight is 522 g/mol. The zero-order chi connectivity index (χ0) is 27.2. The van der Waals surface area contributed by atoms with Crippen LogP contribution in [0.25, 0.3) is 0 Å². The van der Waals surface area contributed by atoms with Gasteiger partial charge in [-0.2, -0.15) is 0 Å². The highest BCUT2D eigenvalue weighted by atomic mass is 16.6. The number of hydrogen-bond donors (Lipinski definition) is 3. The third kappa shape index (κ3) is 6.67. The molecular formula is C23H35N7O7. The molecule has 1 aliphatic carbocycles. The van der Waals surface area contributed by atoms with E-state index in [4.69, 9.17) is 13.9 Å². The summed E-state index contributed by atoms with van der Waals surface area (Å²) in [5.74, 6) is 0.538. The predicted molar refractivity (Wildman–Crippen MR) is 128 cm³/mol. The SMILES string of the molecule is CC(C)(C)OC(=O)/N=C(\NC(=O)OC(C)(C)C)NC1(Cc2nnc([C@@H]3CC[C@H]4CN3C(=O)N4O)o2)CC1. The third-order valence-electron chi connectivity index (χ3n) is 6.05. The van der Waals surface area contributed by atoms with Gasteiger partial charge >= 0.3 is 18.2 Å². The number of fused-ring (bicyclic) bond motifs is 2. The van der Waals surface area contributed by atoms with Crippen LogP contribution in [0.5, 0.6) is 0 Å². The third-order valence-corrected chi connectivity index (χ3v) is 6.05. The van der Waals surface area contributed by atoms with Gasteiger partial charge in [0.2, 0.25) is 17.7 Å². The fraction of sp³-hybridized carbons (Fsp3) is 0.739. The first-order valence-electron chi connectivity index (χ1n) is 12.3. The van der Waals surface area contributed by atoms with Crippen molar-refractivity contribution in [1.29, 1.82) is 0 Å². The number of guanidine groups is 1. The van der Waals surface area contributed by atoms with E-state index < -0.39 is 41.0 Å². The number of aliphatic imine (C=N–C) groups is 1. The van der Waals surface area contributed by atoms with E-state index in [0.29, 0.717) is 50.4 Å². The van der Waals surface area contributed by atoms with Gasteiger partial charge in [-0.3, -0.25) is 10.5 Å². The quantitative estimate of drug-likeness (QED) is 0.304. The molecule has 4 rings (SSSR count). The topological polar surface area (TPSA) is 172 Å². The summed E-state index contributed by atoms with van der Waals surface area (Å²) in [5.41, 5.74) is -2.10. The summed E-state index contributed by atoms with van der Waals surface area (Å²) in [6.07, 6.45) is 1.29. The number of carbonyl (C=O) groups excluding carboxylic acids is 3. The Balaban J connectivity index is 1.45. The van der Waals surface area contributed by atoms with E-state index in [0.717, 1.165) is 5.06 Å². The van der Waals surface area contributed by atoms with Crippen molar-refractivity contribution in [2.45, 2.75) is 102 Å². The number of nitrogens with one attached hydrogen (secondary N) is 2. The smallest absolute Gasteiger partial charge is 0.437 e. The second-order valence-electron chi connectivity index (χ2n) is 11.7. The molecule has 1 aromatic rings. The molecule has 0 radical (unpaired) electrons. The molecule has 0 spiro atoms. The predicted octanol–water partition coefficient (Wildman–Crippen LogP) is 2.88. The number of hydroxylamine groups is 2. The first-order valence-corrected chi connectivity index (χ1v) is 12.3. The van der Waals surface area contributed by atoms with Crippen molar-refractivity contribution < 1.29 is 33.5 Å². The maximum atomic E-state index is 12.4. The van der Waals surface area contributed by atoms with Crippen LogP contribution in [0.1, 0.15) is 85.0 Å². The van der Waals surface area contributed by atoms with Crippen LogP contribution in [0.15, 0.2) is 9.41 Å². The Morgan fingerprint density at radius 3 is 2.43 bits per heavy atom. The Hall–Kier alpha value is -3.42. The number of piperidine rings is 1. The van der Waals surface area contributed by atoms with Crippen LogP contribution in [-0.2, 0) is 15.9 Å². The van der Waals surface area contributed by atoms with Crippen LogP contribution in [0, 0.1) is 0 Å². The second-order valence-corrected chi connectivity index (χ2v) is 11.7. The summed E-state index contributed by atoms with van der Waals surface area (Å²) in [5, 5.41) is 24.6. The summed E-state index contributed by atoms with van der Waals surface area (Å²) >= 11 is 0. The van der Waals surface area contributed by atoms with Gasteiger partial charge in [0.25, 0.3) is 0 Å². The molecular weight excluding hydrogens is 486 g/mol. The van der Waals surface area contributed by atoms with Gasteiger partial charge in [-0.1, -0.05) is 0 Å². The van der Waals surface area contributed by atoms with Gasteiger partial charge in [-0.25, -0.2) is 19.4 Å². The highest BCUT2D eigenvalue weighted by Crippen LogP contribution is 2.40. The van der Waals surface area contributed by atoms with E-state index in [-0.39, 0.29) is 12.0 Å². The van der Waals surface area contributed by atoms with Gasteiger partial charge in [0.1, 0.15) is 17.2 Å². The molecule has 204 valence electrons. The van der Waals surface area contributed by atoms with Crippen LogP contribution in [-0.4, -0.2) is 78.9 Å². The molecule has 4 amide bonds. The monoisotopic (exact) mass is 521 g/mol. The largest absolute Gasteiger partial charge is 0.444 e. The molecule has 1 aromatic heterocycles. The number of hydrogen-bond acceptors (Lipinski definition) is 9. The normalized spacial score (nSPS) is 23.1. The molecule has 2 bridgehead atoms. The van der Waals surface area contributed by atoms with Gasteiger partial charge in [-0.05, 0) is 67.2 Å². The molecule has 0 unspecified atom stereocenters. The van der Waals surface area contributed by atoms with Crippen molar-refractivity contribution in [3.05, 3.63) is 11.8 Å². The molecule has 3 fully saturated rings. The molecule has 3 aliphatic rings. The van der Waals surface area contributed by atoms with E-state index in [2.05, 4.69) is 25.8 Å². The van der Waals surface area contributed by atoms with Gasteiger partial charge < -0.3 is 24.1 Å². The van der Waals surface area contributed by atoms with Crippen molar-refractivity contribution in [3.63, 3.8) is 0 Å². The molecule has 3 heterocycles. The molecule has 37 heavy (non-hydrogen) atoms. The van der Waals surface area contributed by atoms with Crippen molar-refractivity contribution in [1.82, 2.24) is 30.8 Å².